The average Bonchev–Trinajstić information content (AvgIpc) is 2.96. The Labute approximate surface area is 155 Å². The number of carbonyl (C=O) groups excluding carboxylic acids is 1. The lowest BCUT2D eigenvalue weighted by Gasteiger charge is -2.11. The van der Waals surface area contributed by atoms with Gasteiger partial charge in [-0.2, -0.15) is 0 Å². The Kier molecular flexibility index (Phi) is 6.39. The summed E-state index contributed by atoms with van der Waals surface area (Å²) < 4.78 is 1.47. The van der Waals surface area contributed by atoms with Gasteiger partial charge in [0, 0.05) is 18.9 Å². The van der Waals surface area contributed by atoms with Crippen LogP contribution in [0.1, 0.15) is 49.1 Å². The molecule has 1 amide bonds. The molecule has 0 spiro atoms. The van der Waals surface area contributed by atoms with Crippen LogP contribution in [0.2, 0.25) is 10.0 Å². The Morgan fingerprint density at radius 3 is 2.48 bits per heavy atom. The third kappa shape index (κ3) is 4.70. The number of amides is 1. The molecule has 25 heavy (non-hydrogen) atoms. The molecule has 0 radical (unpaired) electrons. The maximum Gasteiger partial charge on any atom is 0.303 e. The predicted molar refractivity (Wildman–Crippen MR) is 94.7 cm³/mol. The number of aromatic nitrogens is 3. The van der Waals surface area contributed by atoms with Gasteiger partial charge in [0.05, 0.1) is 10.0 Å². The maximum absolute atomic E-state index is 12.2. The second-order valence-electron chi connectivity index (χ2n) is 5.68. The highest BCUT2D eigenvalue weighted by atomic mass is 35.5. The molecular weight excluding hydrogens is 367 g/mol. The molecule has 1 aromatic heterocycles. The van der Waals surface area contributed by atoms with E-state index in [0.29, 0.717) is 28.0 Å². The number of carboxylic acids is 1. The standard InChI is InChI=1S/C16H18Cl2N4O3/c1-9(2)15-20-14(16(25)19-8-4-7-12(23)24)21-22(15)13-10(17)5-3-6-11(13)18/h3,5-6,9H,4,7-8H2,1-2H3,(H,19,25)(H,23,24). The van der Waals surface area contributed by atoms with Gasteiger partial charge in [-0.05, 0) is 18.6 Å². The van der Waals surface area contributed by atoms with Crippen molar-refractivity contribution < 1.29 is 14.7 Å². The molecule has 2 aromatic rings. The molecule has 0 aliphatic carbocycles. The summed E-state index contributed by atoms with van der Waals surface area (Å²) in [5, 5.41) is 16.3. The Morgan fingerprint density at radius 2 is 1.92 bits per heavy atom. The normalized spacial score (nSPS) is 10.9. The Hall–Kier alpha value is -2.12. The highest BCUT2D eigenvalue weighted by molar-refractivity contribution is 6.37. The average molecular weight is 385 g/mol. The van der Waals surface area contributed by atoms with Crippen molar-refractivity contribution >= 4 is 35.1 Å². The lowest BCUT2D eigenvalue weighted by atomic mass is 10.2. The predicted octanol–water partition coefficient (Wildman–Crippen LogP) is 3.29. The molecule has 0 saturated carbocycles. The SMILES string of the molecule is CC(C)c1nc(C(=O)NCCCC(=O)O)nn1-c1c(Cl)cccc1Cl. The number of hydrogen-bond acceptors (Lipinski definition) is 4. The smallest absolute Gasteiger partial charge is 0.303 e. The summed E-state index contributed by atoms with van der Waals surface area (Å²) in [7, 11) is 0. The third-order valence-corrected chi connectivity index (χ3v) is 3.96. The second-order valence-corrected chi connectivity index (χ2v) is 6.50. The van der Waals surface area contributed by atoms with E-state index in [2.05, 4.69) is 15.4 Å². The molecular formula is C16H18Cl2N4O3. The van der Waals surface area contributed by atoms with Crippen molar-refractivity contribution in [3.05, 3.63) is 39.9 Å². The fourth-order valence-electron chi connectivity index (χ4n) is 2.17. The van der Waals surface area contributed by atoms with Crippen LogP contribution in [0.5, 0.6) is 0 Å². The van der Waals surface area contributed by atoms with Gasteiger partial charge in [-0.25, -0.2) is 9.67 Å². The van der Waals surface area contributed by atoms with Crippen molar-refractivity contribution in [2.75, 3.05) is 6.54 Å². The van der Waals surface area contributed by atoms with Crippen LogP contribution in [0.25, 0.3) is 5.69 Å². The van der Waals surface area contributed by atoms with E-state index in [0.717, 1.165) is 0 Å². The summed E-state index contributed by atoms with van der Waals surface area (Å²) in [6, 6.07) is 5.08. The number of nitrogens with zero attached hydrogens (tertiary/aromatic N) is 3. The van der Waals surface area contributed by atoms with Crippen LogP contribution in [0, 0.1) is 0 Å². The van der Waals surface area contributed by atoms with Gasteiger partial charge in [-0.3, -0.25) is 9.59 Å². The van der Waals surface area contributed by atoms with Gasteiger partial charge in [0.1, 0.15) is 11.5 Å². The molecule has 0 aliphatic rings. The van der Waals surface area contributed by atoms with Crippen molar-refractivity contribution in [1.82, 2.24) is 20.1 Å². The molecule has 134 valence electrons. The van der Waals surface area contributed by atoms with E-state index in [-0.39, 0.29) is 24.7 Å². The number of carbonyl (C=O) groups is 2. The van der Waals surface area contributed by atoms with Gasteiger partial charge >= 0.3 is 5.97 Å². The molecule has 7 nitrogen and oxygen atoms in total. The number of benzene rings is 1. The van der Waals surface area contributed by atoms with E-state index in [9.17, 15) is 9.59 Å². The summed E-state index contributed by atoms with van der Waals surface area (Å²) in [5.41, 5.74) is 0.465. The lowest BCUT2D eigenvalue weighted by molar-refractivity contribution is -0.137. The number of rotatable bonds is 7. The molecule has 0 fully saturated rings. The molecule has 0 bridgehead atoms. The first-order chi connectivity index (χ1) is 11.8. The summed E-state index contributed by atoms with van der Waals surface area (Å²) >= 11 is 12.5. The highest BCUT2D eigenvalue weighted by Crippen LogP contribution is 2.30. The number of halogens is 2. The molecule has 0 unspecified atom stereocenters. The Morgan fingerprint density at radius 1 is 1.28 bits per heavy atom. The van der Waals surface area contributed by atoms with Gasteiger partial charge in [-0.1, -0.05) is 43.1 Å². The second kappa shape index (κ2) is 8.31. The fourth-order valence-corrected chi connectivity index (χ4v) is 2.73. The van der Waals surface area contributed by atoms with E-state index < -0.39 is 11.9 Å². The minimum atomic E-state index is -0.910. The summed E-state index contributed by atoms with van der Waals surface area (Å²) in [6.45, 7) is 4.06. The first kappa shape index (κ1) is 19.2. The van der Waals surface area contributed by atoms with E-state index >= 15 is 0 Å². The minimum Gasteiger partial charge on any atom is -0.481 e. The van der Waals surface area contributed by atoms with Crippen LogP contribution in [0.4, 0.5) is 0 Å². The minimum absolute atomic E-state index is 0.0185. The van der Waals surface area contributed by atoms with Crippen molar-refractivity contribution in [1.29, 1.82) is 0 Å². The van der Waals surface area contributed by atoms with Crippen molar-refractivity contribution in [3.63, 3.8) is 0 Å². The quantitative estimate of drug-likeness (QED) is 0.713. The largest absolute Gasteiger partial charge is 0.481 e. The Balaban J connectivity index is 2.28. The molecule has 0 saturated heterocycles. The molecule has 9 heteroatoms. The van der Waals surface area contributed by atoms with E-state index in [4.69, 9.17) is 28.3 Å². The zero-order chi connectivity index (χ0) is 18.6. The van der Waals surface area contributed by atoms with E-state index in [1.165, 1.54) is 4.68 Å². The molecule has 0 aliphatic heterocycles. The molecule has 2 rings (SSSR count). The number of nitrogens with one attached hydrogen (secondary N) is 1. The van der Waals surface area contributed by atoms with E-state index in [1.807, 2.05) is 13.8 Å². The zero-order valence-electron chi connectivity index (χ0n) is 13.8. The molecule has 0 atom stereocenters. The number of para-hydroxylation sites is 1. The van der Waals surface area contributed by atoms with Crippen LogP contribution in [-0.2, 0) is 4.79 Å². The first-order valence-corrected chi connectivity index (χ1v) is 8.48. The fraction of sp³-hybridized carbons (Fsp3) is 0.375. The first-order valence-electron chi connectivity index (χ1n) is 7.72. The Bertz CT molecular complexity index is 769. The topological polar surface area (TPSA) is 97.1 Å². The molecule has 1 heterocycles. The maximum atomic E-state index is 12.2. The van der Waals surface area contributed by atoms with Crippen molar-refractivity contribution in [3.8, 4) is 5.69 Å². The van der Waals surface area contributed by atoms with Crippen LogP contribution in [-0.4, -0.2) is 38.3 Å². The van der Waals surface area contributed by atoms with Crippen LogP contribution in [0.15, 0.2) is 18.2 Å². The zero-order valence-corrected chi connectivity index (χ0v) is 15.3. The van der Waals surface area contributed by atoms with Gasteiger partial charge < -0.3 is 10.4 Å². The van der Waals surface area contributed by atoms with Crippen molar-refractivity contribution in [2.24, 2.45) is 0 Å². The number of hydrogen-bond donors (Lipinski definition) is 2. The van der Waals surface area contributed by atoms with Crippen LogP contribution in [0.3, 0.4) is 0 Å². The van der Waals surface area contributed by atoms with Gasteiger partial charge in [0.15, 0.2) is 0 Å². The van der Waals surface area contributed by atoms with Crippen molar-refractivity contribution in [2.45, 2.75) is 32.6 Å². The summed E-state index contributed by atoms with van der Waals surface area (Å²) in [5.74, 6) is -0.879. The van der Waals surface area contributed by atoms with Gasteiger partial charge in [-0.15, -0.1) is 5.10 Å². The van der Waals surface area contributed by atoms with Crippen LogP contribution >= 0.6 is 23.2 Å². The molecule has 2 N–H and O–H groups in total. The van der Waals surface area contributed by atoms with E-state index in [1.54, 1.807) is 18.2 Å². The number of aliphatic carboxylic acids is 1. The van der Waals surface area contributed by atoms with Crippen LogP contribution < -0.4 is 5.32 Å². The monoisotopic (exact) mass is 384 g/mol. The van der Waals surface area contributed by atoms with Gasteiger partial charge in [0.25, 0.3) is 5.91 Å². The molecule has 1 aromatic carbocycles. The third-order valence-electron chi connectivity index (χ3n) is 3.35. The van der Waals surface area contributed by atoms with Gasteiger partial charge in [0.2, 0.25) is 5.82 Å². The lowest BCUT2D eigenvalue weighted by Crippen LogP contribution is -2.26. The number of carboxylic acid groups (broad SMARTS) is 1. The highest BCUT2D eigenvalue weighted by Gasteiger charge is 2.22. The summed E-state index contributed by atoms with van der Waals surface area (Å²) in [6.07, 6.45) is 0.309. The summed E-state index contributed by atoms with van der Waals surface area (Å²) in [4.78, 5) is 27.0.